The van der Waals surface area contributed by atoms with E-state index in [1.165, 1.54) is 103 Å². The van der Waals surface area contributed by atoms with Crippen LogP contribution in [0.1, 0.15) is 175 Å². The molecular formula is C49H114O14Si7. The summed E-state index contributed by atoms with van der Waals surface area (Å²) in [6.45, 7) is 12.8. The molecule has 2 N–H and O–H groups in total. The van der Waals surface area contributed by atoms with Crippen LogP contribution >= 0.6 is 0 Å². The van der Waals surface area contributed by atoms with Crippen LogP contribution in [0.15, 0.2) is 0 Å². The number of aliphatic hydroxyl groups excluding tert-OH is 2. The van der Waals surface area contributed by atoms with Crippen molar-refractivity contribution >= 4 is 60.2 Å². The van der Waals surface area contributed by atoms with Gasteiger partial charge >= 0.3 is 60.2 Å². The van der Waals surface area contributed by atoms with Crippen molar-refractivity contribution in [1.29, 1.82) is 0 Å². The van der Waals surface area contributed by atoms with Crippen molar-refractivity contribution in [2.45, 2.75) is 243 Å². The first-order chi connectivity index (χ1) is 33.1. The van der Waals surface area contributed by atoms with Crippen LogP contribution in [0.4, 0.5) is 0 Å². The molecule has 0 aromatic rings. The predicted octanol–water partition coefficient (Wildman–Crippen LogP) is 13.2. The van der Waals surface area contributed by atoms with Gasteiger partial charge in [-0.2, -0.15) is 0 Å². The largest absolute Gasteiger partial charge is 0.500 e. The van der Waals surface area contributed by atoms with E-state index in [0.717, 1.165) is 113 Å². The summed E-state index contributed by atoms with van der Waals surface area (Å²) in [4.78, 5) is 0. The smallest absolute Gasteiger partial charge is 0.416 e. The molecule has 1 aliphatic heterocycles. The highest BCUT2D eigenvalue weighted by Crippen LogP contribution is 2.40. The Morgan fingerprint density at radius 2 is 0.586 bits per heavy atom. The van der Waals surface area contributed by atoms with Gasteiger partial charge in [-0.05, 0) is 82.2 Å². The summed E-state index contributed by atoms with van der Waals surface area (Å²) >= 11 is 0. The maximum absolute atomic E-state index is 9.78. The molecule has 0 aromatic carbocycles. The molecule has 0 amide bonds. The number of rotatable bonds is 47. The van der Waals surface area contributed by atoms with Crippen LogP contribution in [0.25, 0.3) is 0 Å². The number of ether oxygens (including phenoxy) is 1. The van der Waals surface area contributed by atoms with Crippen LogP contribution in [-0.2, 0) is 52.2 Å². The van der Waals surface area contributed by atoms with E-state index in [1.807, 2.05) is 0 Å². The second-order valence-electron chi connectivity index (χ2n) is 20.5. The van der Waals surface area contributed by atoms with Gasteiger partial charge in [0.1, 0.15) is 0 Å². The molecule has 70 heavy (non-hydrogen) atoms. The Bertz CT molecular complexity index is 1140. The van der Waals surface area contributed by atoms with Gasteiger partial charge in [-0.25, -0.2) is 0 Å². The highest BCUT2D eigenvalue weighted by molar-refractivity contribution is 6.94. The normalized spacial score (nSPS) is 22.5. The van der Waals surface area contributed by atoms with Gasteiger partial charge in [0.15, 0.2) is 0 Å². The Balaban J connectivity index is 0.0000476. The first-order valence-electron chi connectivity index (χ1n) is 27.5. The van der Waals surface area contributed by atoms with Crippen molar-refractivity contribution in [2.24, 2.45) is 0 Å². The van der Waals surface area contributed by atoms with E-state index in [9.17, 15) is 10.2 Å². The molecule has 1 aliphatic rings. The molecule has 0 bridgehead atoms. The van der Waals surface area contributed by atoms with Crippen molar-refractivity contribution in [3.63, 3.8) is 0 Å². The SMILES string of the molecule is C.CCOCCC[Si]1(C)O[Si](C)(CCCCCCCCCC[Si](CO)(OC)OC)O[Si](C)(CCCCCCCCCC[Si](OC)(OC)OC)O[Si](C)(CCCCCCCCCC[Si](CO)(OC)OC)O1. The molecule has 1 saturated heterocycles. The summed E-state index contributed by atoms with van der Waals surface area (Å²) in [5.74, 6) is 0. The molecule has 1 heterocycles. The van der Waals surface area contributed by atoms with E-state index in [0.29, 0.717) is 0 Å². The van der Waals surface area contributed by atoms with Crippen molar-refractivity contribution in [3.05, 3.63) is 0 Å². The fourth-order valence-electron chi connectivity index (χ4n) is 10.2. The van der Waals surface area contributed by atoms with E-state index >= 15 is 0 Å². The summed E-state index contributed by atoms with van der Waals surface area (Å²) in [5.41, 5.74) is 0. The van der Waals surface area contributed by atoms with Gasteiger partial charge in [-0.1, -0.05) is 155 Å². The zero-order chi connectivity index (χ0) is 51.4. The van der Waals surface area contributed by atoms with E-state index in [2.05, 4.69) is 33.1 Å². The molecule has 0 aromatic heterocycles. The maximum atomic E-state index is 9.78. The third-order valence-corrected chi connectivity index (χ3v) is 42.4. The summed E-state index contributed by atoms with van der Waals surface area (Å²) in [6.07, 6.45) is 29.2. The quantitative estimate of drug-likeness (QED) is 0.0439. The lowest BCUT2D eigenvalue weighted by molar-refractivity contribution is 0.122. The second-order valence-corrected chi connectivity index (χ2v) is 44.8. The Labute approximate surface area is 439 Å². The molecule has 422 valence electrons. The van der Waals surface area contributed by atoms with Crippen LogP contribution in [-0.4, -0.2) is 146 Å². The lowest BCUT2D eigenvalue weighted by atomic mass is 10.1. The lowest BCUT2D eigenvalue weighted by Gasteiger charge is -2.50. The molecule has 1 fully saturated rings. The second kappa shape index (κ2) is 40.2. The zero-order valence-corrected chi connectivity index (χ0v) is 53.7. The van der Waals surface area contributed by atoms with E-state index in [4.69, 9.17) is 52.2 Å². The fourth-order valence-corrected chi connectivity index (χ4v) is 39.0. The van der Waals surface area contributed by atoms with Crippen molar-refractivity contribution in [2.75, 3.05) is 75.4 Å². The first-order valence-corrected chi connectivity index (χ1v) is 44.0. The highest BCUT2D eigenvalue weighted by Gasteiger charge is 2.56. The van der Waals surface area contributed by atoms with E-state index < -0.39 is 60.2 Å². The zero-order valence-electron chi connectivity index (χ0n) is 46.7. The number of aliphatic hydroxyl groups is 2. The van der Waals surface area contributed by atoms with Gasteiger partial charge in [0.25, 0.3) is 0 Å². The third-order valence-electron chi connectivity index (χ3n) is 14.5. The van der Waals surface area contributed by atoms with Crippen LogP contribution in [0.2, 0.25) is 68.5 Å². The van der Waals surface area contributed by atoms with Crippen LogP contribution in [0.3, 0.4) is 0 Å². The summed E-state index contributed by atoms with van der Waals surface area (Å²) in [7, 11) is -6.26. The first kappa shape index (κ1) is 71.0. The monoisotopic (exact) mass is 1120 g/mol. The van der Waals surface area contributed by atoms with Gasteiger partial charge in [0.2, 0.25) is 0 Å². The van der Waals surface area contributed by atoms with Crippen LogP contribution in [0.5, 0.6) is 0 Å². The molecule has 21 heteroatoms. The predicted molar refractivity (Wildman–Crippen MR) is 304 cm³/mol. The average Bonchev–Trinajstić information content (AvgIpc) is 3.33. The number of hydrogen-bond acceptors (Lipinski definition) is 14. The van der Waals surface area contributed by atoms with E-state index in [1.54, 1.807) is 49.8 Å². The Morgan fingerprint density at radius 1 is 0.343 bits per heavy atom. The van der Waals surface area contributed by atoms with Gasteiger partial charge in [0.05, 0.1) is 12.5 Å². The molecule has 0 aliphatic carbocycles. The standard InChI is InChI=1S/C48H110O14Si7.CH4/c1-13-58-39-38-43-66(12)61-64(10,41-33-26-20-14-17-23-29-35-44-67(47-49,51-2)52-3)59-63(9,40-32-28-22-16-19-25-31-37-46-69(55-6,56-7)57-8)60-65(11,62-66)42-34-27-21-15-18-24-30-36-45-68(48-50,53-4)54-5;/h49-50H,13-48H2,1-12H3;1H4. The average molecular weight is 1120 g/mol. The van der Waals surface area contributed by atoms with E-state index in [-0.39, 0.29) is 19.9 Å². The van der Waals surface area contributed by atoms with Gasteiger partial charge in [0, 0.05) is 69.0 Å². The molecule has 0 saturated carbocycles. The molecule has 2 atom stereocenters. The lowest BCUT2D eigenvalue weighted by Crippen LogP contribution is -2.67. The number of unbranched alkanes of at least 4 members (excludes halogenated alkanes) is 21. The maximum Gasteiger partial charge on any atom is 0.500 e. The molecule has 1 rings (SSSR count). The Morgan fingerprint density at radius 3 is 0.829 bits per heavy atom. The van der Waals surface area contributed by atoms with Crippen LogP contribution < -0.4 is 0 Å². The molecule has 0 spiro atoms. The van der Waals surface area contributed by atoms with Crippen molar-refractivity contribution in [1.82, 2.24) is 0 Å². The topological polar surface area (TPSA) is 151 Å². The summed E-state index contributed by atoms with van der Waals surface area (Å²) in [5, 5.41) is 19.6. The van der Waals surface area contributed by atoms with Crippen LogP contribution in [0, 0.1) is 0 Å². The molecule has 0 radical (unpaired) electrons. The molecule has 2 unspecified atom stereocenters. The molecule has 14 nitrogen and oxygen atoms in total. The summed E-state index contributed by atoms with van der Waals surface area (Å²) in [6, 6.07) is 6.38. The van der Waals surface area contributed by atoms with Gasteiger partial charge in [-0.3, -0.25) is 0 Å². The molecular weight excluding hydrogens is 1010 g/mol. The van der Waals surface area contributed by atoms with Gasteiger partial charge < -0.3 is 62.4 Å². The van der Waals surface area contributed by atoms with Crippen molar-refractivity contribution in [3.8, 4) is 0 Å². The van der Waals surface area contributed by atoms with Gasteiger partial charge in [-0.15, -0.1) is 0 Å². The third kappa shape index (κ3) is 29.5. The minimum absolute atomic E-state index is 0. The Kier molecular flexibility index (Phi) is 40.8. The van der Waals surface area contributed by atoms with Crippen molar-refractivity contribution < 1.29 is 62.4 Å². The fraction of sp³-hybridized carbons (Fsp3) is 1.00. The summed E-state index contributed by atoms with van der Waals surface area (Å²) < 4.78 is 75.2. The Hall–Kier alpha value is 0.958. The minimum Gasteiger partial charge on any atom is -0.416 e. The number of hydrogen-bond donors (Lipinski definition) is 2. The minimum atomic E-state index is -2.68. The highest BCUT2D eigenvalue weighted by atomic mass is 28.5.